The van der Waals surface area contributed by atoms with Crippen LogP contribution < -0.4 is 5.73 Å². The number of benzene rings is 1. The number of carbonyl (C=O) groups is 1. The second-order valence-corrected chi connectivity index (χ2v) is 5.32. The van der Waals surface area contributed by atoms with Crippen molar-refractivity contribution in [3.8, 4) is 0 Å². The van der Waals surface area contributed by atoms with E-state index >= 15 is 0 Å². The summed E-state index contributed by atoms with van der Waals surface area (Å²) in [4.78, 5) is 10.5. The average molecular weight is 231 g/mol. The zero-order valence-corrected chi connectivity index (χ0v) is 8.79. The molecule has 2 N–H and O–H groups in total. The highest BCUT2D eigenvalue weighted by molar-refractivity contribution is 7.92. The molecule has 0 radical (unpaired) electrons. The van der Waals surface area contributed by atoms with Crippen LogP contribution in [0.25, 0.3) is 0 Å². The molecule has 0 heterocycles. The van der Waals surface area contributed by atoms with E-state index in [2.05, 4.69) is 0 Å². The molecule has 1 aromatic rings. The van der Waals surface area contributed by atoms with Gasteiger partial charge >= 0.3 is 0 Å². The number of primary amides is 1. The average Bonchev–Trinajstić information content (AvgIpc) is 2.16. The molecular formula is C9H10FNO3S. The van der Waals surface area contributed by atoms with E-state index in [9.17, 15) is 17.6 Å². The fourth-order valence-corrected chi connectivity index (χ4v) is 2.26. The number of hydrogen-bond donors (Lipinski definition) is 1. The summed E-state index contributed by atoms with van der Waals surface area (Å²) in [6, 6.07) is 4.45. The first-order chi connectivity index (χ1) is 6.85. The van der Waals surface area contributed by atoms with Gasteiger partial charge in [-0.05, 0) is 25.1 Å². The van der Waals surface area contributed by atoms with Gasteiger partial charge in [0.15, 0.2) is 9.84 Å². The highest BCUT2D eigenvalue weighted by Crippen LogP contribution is 2.16. The van der Waals surface area contributed by atoms with Gasteiger partial charge in [0, 0.05) is 0 Å². The van der Waals surface area contributed by atoms with Crippen molar-refractivity contribution in [2.24, 2.45) is 5.73 Å². The fraction of sp³-hybridized carbons (Fsp3) is 0.222. The maximum Gasteiger partial charge on any atom is 0.235 e. The van der Waals surface area contributed by atoms with Crippen LogP contribution in [0.5, 0.6) is 0 Å². The highest BCUT2D eigenvalue weighted by atomic mass is 32.2. The minimum Gasteiger partial charge on any atom is -0.369 e. The maximum atomic E-state index is 12.8. The Hall–Kier alpha value is -1.43. The maximum absolute atomic E-state index is 12.8. The van der Waals surface area contributed by atoms with Crippen LogP contribution in [0.3, 0.4) is 0 Å². The van der Waals surface area contributed by atoms with Gasteiger partial charge in [-0.2, -0.15) is 0 Å². The van der Waals surface area contributed by atoms with Gasteiger partial charge in [-0.1, -0.05) is 6.07 Å². The van der Waals surface area contributed by atoms with E-state index < -0.39 is 26.8 Å². The molecule has 0 aromatic heterocycles. The van der Waals surface area contributed by atoms with Crippen molar-refractivity contribution in [1.82, 2.24) is 0 Å². The van der Waals surface area contributed by atoms with E-state index in [1.165, 1.54) is 19.1 Å². The molecule has 0 aliphatic rings. The second-order valence-electron chi connectivity index (χ2n) is 3.05. The molecular weight excluding hydrogens is 221 g/mol. The zero-order valence-electron chi connectivity index (χ0n) is 7.98. The summed E-state index contributed by atoms with van der Waals surface area (Å²) in [5, 5.41) is -1.36. The van der Waals surface area contributed by atoms with E-state index in [0.29, 0.717) is 0 Å². The standard InChI is InChI=1S/C9H10FNO3S/c1-6(9(11)12)15(13,14)8-4-2-3-7(10)5-8/h2-6H,1H3,(H2,11,12). The first-order valence-corrected chi connectivity index (χ1v) is 5.69. The Kier molecular flexibility index (Phi) is 3.09. The van der Waals surface area contributed by atoms with E-state index in [1.807, 2.05) is 0 Å². The highest BCUT2D eigenvalue weighted by Gasteiger charge is 2.27. The third-order valence-electron chi connectivity index (χ3n) is 1.99. The van der Waals surface area contributed by atoms with Crippen LogP contribution in [-0.4, -0.2) is 19.6 Å². The van der Waals surface area contributed by atoms with Gasteiger partial charge in [0.2, 0.25) is 5.91 Å². The summed E-state index contributed by atoms with van der Waals surface area (Å²) < 4.78 is 36.1. The summed E-state index contributed by atoms with van der Waals surface area (Å²) in [5.74, 6) is -1.63. The number of carbonyl (C=O) groups excluding carboxylic acids is 1. The lowest BCUT2D eigenvalue weighted by atomic mass is 10.3. The van der Waals surface area contributed by atoms with E-state index in [4.69, 9.17) is 5.73 Å². The lowest BCUT2D eigenvalue weighted by molar-refractivity contribution is -0.117. The molecule has 1 amide bonds. The monoisotopic (exact) mass is 231 g/mol. The summed E-state index contributed by atoms with van der Waals surface area (Å²) in [7, 11) is -3.88. The summed E-state index contributed by atoms with van der Waals surface area (Å²) in [5.41, 5.74) is 4.89. The van der Waals surface area contributed by atoms with Gasteiger partial charge in [-0.25, -0.2) is 12.8 Å². The minimum absolute atomic E-state index is 0.242. The van der Waals surface area contributed by atoms with E-state index in [-0.39, 0.29) is 4.90 Å². The minimum atomic E-state index is -3.88. The second kappa shape index (κ2) is 3.98. The third-order valence-corrected chi connectivity index (χ3v) is 4.06. The Morgan fingerprint density at radius 2 is 2.07 bits per heavy atom. The van der Waals surface area contributed by atoms with E-state index in [0.717, 1.165) is 12.1 Å². The predicted octanol–water partition coefficient (Wildman–Crippen LogP) is 0.473. The molecule has 0 aliphatic heterocycles. The Balaban J connectivity index is 3.23. The van der Waals surface area contributed by atoms with Crippen molar-refractivity contribution in [1.29, 1.82) is 0 Å². The van der Waals surface area contributed by atoms with Crippen molar-refractivity contribution in [2.45, 2.75) is 17.1 Å². The normalized spacial score (nSPS) is 13.5. The molecule has 0 bridgehead atoms. The lowest BCUT2D eigenvalue weighted by Gasteiger charge is -2.08. The first-order valence-electron chi connectivity index (χ1n) is 4.14. The molecule has 1 atom stereocenters. The van der Waals surface area contributed by atoms with Crippen LogP contribution in [0.4, 0.5) is 4.39 Å². The Labute approximate surface area is 86.8 Å². The molecule has 1 rings (SSSR count). The molecule has 0 saturated heterocycles. The van der Waals surface area contributed by atoms with Gasteiger partial charge in [0.1, 0.15) is 11.1 Å². The number of halogens is 1. The molecule has 15 heavy (non-hydrogen) atoms. The summed E-state index contributed by atoms with van der Waals surface area (Å²) in [6.45, 7) is 1.17. The van der Waals surface area contributed by atoms with Crippen molar-refractivity contribution < 1.29 is 17.6 Å². The largest absolute Gasteiger partial charge is 0.369 e. The van der Waals surface area contributed by atoms with Crippen LogP contribution in [0.15, 0.2) is 29.2 Å². The summed E-state index contributed by atoms with van der Waals surface area (Å²) >= 11 is 0. The molecule has 4 nitrogen and oxygen atoms in total. The third kappa shape index (κ3) is 2.33. The van der Waals surface area contributed by atoms with E-state index in [1.54, 1.807) is 0 Å². The topological polar surface area (TPSA) is 77.2 Å². The lowest BCUT2D eigenvalue weighted by Crippen LogP contribution is -2.33. The predicted molar refractivity (Wildman–Crippen MR) is 52.2 cm³/mol. The molecule has 0 fully saturated rings. The Morgan fingerprint density at radius 1 is 1.47 bits per heavy atom. The number of sulfone groups is 1. The molecule has 1 unspecified atom stereocenters. The quantitative estimate of drug-likeness (QED) is 0.821. The van der Waals surface area contributed by atoms with Crippen LogP contribution >= 0.6 is 0 Å². The van der Waals surface area contributed by atoms with Gasteiger partial charge < -0.3 is 5.73 Å². The first kappa shape index (κ1) is 11.6. The van der Waals surface area contributed by atoms with Crippen molar-refractivity contribution in [2.75, 3.05) is 0 Å². The van der Waals surface area contributed by atoms with Gasteiger partial charge in [0.05, 0.1) is 4.90 Å². The Bertz CT molecular complexity index is 484. The van der Waals surface area contributed by atoms with Gasteiger partial charge in [0.25, 0.3) is 0 Å². The molecule has 1 aromatic carbocycles. The fourth-order valence-electron chi connectivity index (χ4n) is 1.00. The van der Waals surface area contributed by atoms with Crippen LogP contribution in [0.1, 0.15) is 6.92 Å². The molecule has 82 valence electrons. The summed E-state index contributed by atoms with van der Waals surface area (Å²) in [6.07, 6.45) is 0. The van der Waals surface area contributed by atoms with Crippen molar-refractivity contribution in [3.05, 3.63) is 30.1 Å². The molecule has 0 spiro atoms. The number of amides is 1. The van der Waals surface area contributed by atoms with Crippen LogP contribution in [0.2, 0.25) is 0 Å². The van der Waals surface area contributed by atoms with Crippen LogP contribution in [0, 0.1) is 5.82 Å². The van der Waals surface area contributed by atoms with Crippen LogP contribution in [-0.2, 0) is 14.6 Å². The smallest absolute Gasteiger partial charge is 0.235 e. The number of hydrogen-bond acceptors (Lipinski definition) is 3. The molecule has 6 heteroatoms. The SMILES string of the molecule is CC(C(N)=O)S(=O)(=O)c1cccc(F)c1. The molecule has 0 aliphatic carbocycles. The van der Waals surface area contributed by atoms with Crippen molar-refractivity contribution >= 4 is 15.7 Å². The number of nitrogens with two attached hydrogens (primary N) is 1. The van der Waals surface area contributed by atoms with Gasteiger partial charge in [-0.15, -0.1) is 0 Å². The zero-order chi connectivity index (χ0) is 11.6. The Morgan fingerprint density at radius 3 is 2.53 bits per heavy atom. The molecule has 0 saturated carbocycles. The number of rotatable bonds is 3. The van der Waals surface area contributed by atoms with Crippen molar-refractivity contribution in [3.63, 3.8) is 0 Å². The van der Waals surface area contributed by atoms with Gasteiger partial charge in [-0.3, -0.25) is 4.79 Å².